The lowest BCUT2D eigenvalue weighted by Crippen LogP contribution is -2.20. The molecule has 0 amide bonds. The first-order valence-corrected chi connectivity index (χ1v) is 8.68. The van der Waals surface area contributed by atoms with Crippen molar-refractivity contribution in [1.82, 2.24) is 19.9 Å². The maximum Gasteiger partial charge on any atom is 0.232 e. The fourth-order valence-corrected chi connectivity index (χ4v) is 2.81. The van der Waals surface area contributed by atoms with Crippen molar-refractivity contribution in [3.8, 4) is 5.75 Å². The molecule has 0 unspecified atom stereocenters. The van der Waals surface area contributed by atoms with Gasteiger partial charge in [0.05, 0.1) is 19.3 Å². The second-order valence-electron chi connectivity index (χ2n) is 6.36. The maximum absolute atomic E-state index is 5.88. The van der Waals surface area contributed by atoms with Crippen molar-refractivity contribution in [2.45, 2.75) is 20.0 Å². The Morgan fingerprint density at radius 2 is 1.74 bits per heavy atom. The molecule has 0 atom stereocenters. The molecule has 7 heteroatoms. The van der Waals surface area contributed by atoms with E-state index in [4.69, 9.17) is 10.5 Å². The number of para-hydroxylation sites is 2. The third kappa shape index (κ3) is 4.92. The number of nitrogens with two attached hydrogens (primary N) is 1. The zero-order valence-electron chi connectivity index (χ0n) is 15.8. The van der Waals surface area contributed by atoms with E-state index >= 15 is 0 Å². The van der Waals surface area contributed by atoms with Crippen LogP contribution in [0.15, 0.2) is 48.5 Å². The fraction of sp³-hybridized carbons (Fsp3) is 0.250. The van der Waals surface area contributed by atoms with Crippen molar-refractivity contribution >= 4 is 17.6 Å². The van der Waals surface area contributed by atoms with Gasteiger partial charge in [-0.3, -0.25) is 4.90 Å². The van der Waals surface area contributed by atoms with Gasteiger partial charge < -0.3 is 15.8 Å². The van der Waals surface area contributed by atoms with E-state index in [2.05, 4.69) is 44.2 Å². The van der Waals surface area contributed by atoms with Gasteiger partial charge in [-0.25, -0.2) is 0 Å². The van der Waals surface area contributed by atoms with Crippen LogP contribution in [0.5, 0.6) is 5.75 Å². The molecule has 3 rings (SSSR count). The first kappa shape index (κ1) is 18.6. The summed E-state index contributed by atoms with van der Waals surface area (Å²) < 4.78 is 5.35. The van der Waals surface area contributed by atoms with Gasteiger partial charge in [-0.15, -0.1) is 0 Å². The summed E-state index contributed by atoms with van der Waals surface area (Å²) >= 11 is 0. The molecule has 0 radical (unpaired) electrons. The number of nitrogens with zero attached hydrogens (tertiary/aromatic N) is 4. The second kappa shape index (κ2) is 8.46. The molecule has 0 saturated carbocycles. The van der Waals surface area contributed by atoms with Crippen LogP contribution in [0.25, 0.3) is 0 Å². The normalized spacial score (nSPS) is 10.8. The molecule has 0 fully saturated rings. The summed E-state index contributed by atoms with van der Waals surface area (Å²) in [7, 11) is 3.65. The minimum Gasteiger partial charge on any atom is -0.495 e. The van der Waals surface area contributed by atoms with Gasteiger partial charge >= 0.3 is 0 Å². The molecule has 27 heavy (non-hydrogen) atoms. The number of aromatic nitrogens is 3. The number of ether oxygens (including phenoxy) is 1. The van der Waals surface area contributed by atoms with E-state index in [9.17, 15) is 0 Å². The summed E-state index contributed by atoms with van der Waals surface area (Å²) in [4.78, 5) is 15.1. The Labute approximate surface area is 159 Å². The Morgan fingerprint density at radius 3 is 2.52 bits per heavy atom. The number of anilines is 3. The van der Waals surface area contributed by atoms with Crippen LogP contribution in [0.4, 0.5) is 17.6 Å². The van der Waals surface area contributed by atoms with Crippen molar-refractivity contribution in [3.63, 3.8) is 0 Å². The lowest BCUT2D eigenvalue weighted by molar-refractivity contribution is 0.310. The van der Waals surface area contributed by atoms with Gasteiger partial charge in [-0.05, 0) is 37.2 Å². The van der Waals surface area contributed by atoms with Gasteiger partial charge in [0, 0.05) is 6.54 Å². The fourth-order valence-electron chi connectivity index (χ4n) is 2.81. The second-order valence-corrected chi connectivity index (χ2v) is 6.36. The van der Waals surface area contributed by atoms with Crippen molar-refractivity contribution in [1.29, 1.82) is 0 Å². The molecule has 0 saturated heterocycles. The lowest BCUT2D eigenvalue weighted by Gasteiger charge is -2.17. The highest BCUT2D eigenvalue weighted by Crippen LogP contribution is 2.25. The number of aryl methyl sites for hydroxylation is 1. The number of nitrogen functional groups attached to an aromatic ring is 1. The van der Waals surface area contributed by atoms with Crippen LogP contribution in [0.3, 0.4) is 0 Å². The third-order valence-corrected chi connectivity index (χ3v) is 4.17. The molecule has 0 aliphatic rings. The van der Waals surface area contributed by atoms with Gasteiger partial charge in [-0.1, -0.05) is 36.4 Å². The summed E-state index contributed by atoms with van der Waals surface area (Å²) in [5.74, 6) is 1.89. The molecule has 3 aromatic rings. The SMILES string of the molecule is COc1ccccc1Nc1nc(N)nc(CN(C)Cc2ccccc2C)n1. The minimum atomic E-state index is 0.182. The van der Waals surface area contributed by atoms with Gasteiger partial charge in [0.25, 0.3) is 0 Å². The summed E-state index contributed by atoms with van der Waals surface area (Å²) in [6.07, 6.45) is 0. The first-order valence-electron chi connectivity index (χ1n) is 8.68. The van der Waals surface area contributed by atoms with Gasteiger partial charge in [0.1, 0.15) is 11.6 Å². The Bertz CT molecular complexity index is 914. The molecule has 1 heterocycles. The standard InChI is InChI=1S/C20H24N6O/c1-14-8-4-5-9-15(14)12-26(2)13-18-23-19(21)25-20(24-18)22-16-10-6-7-11-17(16)27-3/h4-11H,12-13H2,1-3H3,(H3,21,22,23,24,25). The highest BCUT2D eigenvalue weighted by molar-refractivity contribution is 5.62. The van der Waals surface area contributed by atoms with Crippen molar-refractivity contribution in [2.24, 2.45) is 0 Å². The maximum atomic E-state index is 5.88. The van der Waals surface area contributed by atoms with E-state index in [1.54, 1.807) is 7.11 Å². The highest BCUT2D eigenvalue weighted by atomic mass is 16.5. The molecule has 0 spiro atoms. The van der Waals surface area contributed by atoms with Crippen LogP contribution in [0.2, 0.25) is 0 Å². The Kier molecular flexibility index (Phi) is 5.83. The topological polar surface area (TPSA) is 89.2 Å². The predicted octanol–water partition coefficient (Wildman–Crippen LogP) is 3.15. The van der Waals surface area contributed by atoms with Crippen LogP contribution >= 0.6 is 0 Å². The van der Waals surface area contributed by atoms with Crippen LogP contribution in [0.1, 0.15) is 17.0 Å². The van der Waals surface area contributed by atoms with Crippen molar-refractivity contribution in [3.05, 3.63) is 65.5 Å². The monoisotopic (exact) mass is 364 g/mol. The number of rotatable bonds is 7. The Hall–Kier alpha value is -3.19. The highest BCUT2D eigenvalue weighted by Gasteiger charge is 2.10. The molecule has 7 nitrogen and oxygen atoms in total. The van der Waals surface area contributed by atoms with Crippen molar-refractivity contribution < 1.29 is 4.74 Å². The molecule has 0 aliphatic carbocycles. The smallest absolute Gasteiger partial charge is 0.232 e. The number of methoxy groups -OCH3 is 1. The van der Waals surface area contributed by atoms with Gasteiger partial charge in [0.15, 0.2) is 0 Å². The van der Waals surface area contributed by atoms with E-state index in [-0.39, 0.29) is 5.95 Å². The first-order chi connectivity index (χ1) is 13.0. The van der Waals surface area contributed by atoms with E-state index < -0.39 is 0 Å². The summed E-state index contributed by atoms with van der Waals surface area (Å²) in [5.41, 5.74) is 9.19. The zero-order chi connectivity index (χ0) is 19.2. The largest absolute Gasteiger partial charge is 0.495 e. The summed E-state index contributed by atoms with van der Waals surface area (Å²) in [6, 6.07) is 15.9. The summed E-state index contributed by atoms with van der Waals surface area (Å²) in [5, 5.41) is 3.15. The lowest BCUT2D eigenvalue weighted by atomic mass is 10.1. The number of nitrogens with one attached hydrogen (secondary N) is 1. The van der Waals surface area contributed by atoms with E-state index in [1.807, 2.05) is 43.4 Å². The quantitative estimate of drug-likeness (QED) is 0.665. The van der Waals surface area contributed by atoms with Gasteiger partial charge in [-0.2, -0.15) is 15.0 Å². The number of hydrogen-bond acceptors (Lipinski definition) is 7. The minimum absolute atomic E-state index is 0.182. The molecule has 140 valence electrons. The van der Waals surface area contributed by atoms with Crippen molar-refractivity contribution in [2.75, 3.05) is 25.2 Å². The van der Waals surface area contributed by atoms with Crippen LogP contribution in [-0.2, 0) is 13.1 Å². The predicted molar refractivity (Wildman–Crippen MR) is 107 cm³/mol. The van der Waals surface area contributed by atoms with E-state index in [0.717, 1.165) is 12.2 Å². The van der Waals surface area contributed by atoms with Crippen LogP contribution in [-0.4, -0.2) is 34.0 Å². The average molecular weight is 364 g/mol. The number of benzene rings is 2. The molecule has 1 aromatic heterocycles. The Balaban J connectivity index is 1.74. The molecule has 2 aromatic carbocycles. The molecule has 0 bridgehead atoms. The van der Waals surface area contributed by atoms with E-state index in [1.165, 1.54) is 11.1 Å². The third-order valence-electron chi connectivity index (χ3n) is 4.17. The molecule has 0 aliphatic heterocycles. The van der Waals surface area contributed by atoms with Crippen LogP contribution < -0.4 is 15.8 Å². The average Bonchev–Trinajstić information content (AvgIpc) is 2.63. The molecular formula is C20H24N6O. The number of hydrogen-bond donors (Lipinski definition) is 2. The van der Waals surface area contributed by atoms with Crippen LogP contribution in [0, 0.1) is 6.92 Å². The zero-order valence-corrected chi connectivity index (χ0v) is 15.8. The Morgan fingerprint density at radius 1 is 1.00 bits per heavy atom. The van der Waals surface area contributed by atoms with E-state index in [0.29, 0.717) is 24.1 Å². The molecular weight excluding hydrogens is 340 g/mol. The van der Waals surface area contributed by atoms with Gasteiger partial charge in [0.2, 0.25) is 11.9 Å². The molecule has 3 N–H and O–H groups in total. The summed E-state index contributed by atoms with van der Waals surface area (Å²) in [6.45, 7) is 3.47.